The molecule has 0 spiro atoms. The summed E-state index contributed by atoms with van der Waals surface area (Å²) >= 11 is 4.50. The molecule has 0 aromatic heterocycles. The average Bonchev–Trinajstić information content (AvgIpc) is 2.80. The molecule has 0 saturated heterocycles. The summed E-state index contributed by atoms with van der Waals surface area (Å²) in [7, 11) is 1.71. The number of thiol groups is 1. The molecule has 3 rings (SSSR count). The first-order valence-electron chi connectivity index (χ1n) is 10.4. The number of para-hydroxylation sites is 1. The first-order valence-corrected chi connectivity index (χ1v) is 11.0. The van der Waals surface area contributed by atoms with Crippen LogP contribution < -0.4 is 10.6 Å². The fourth-order valence-corrected chi connectivity index (χ4v) is 4.42. The van der Waals surface area contributed by atoms with Crippen molar-refractivity contribution in [2.45, 2.75) is 44.2 Å². The van der Waals surface area contributed by atoms with E-state index in [0.717, 1.165) is 18.4 Å². The summed E-state index contributed by atoms with van der Waals surface area (Å²) in [6.45, 7) is 0. The van der Waals surface area contributed by atoms with Crippen LogP contribution in [0.3, 0.4) is 0 Å². The predicted molar refractivity (Wildman–Crippen MR) is 123 cm³/mol. The maximum Gasteiger partial charge on any atom is 0.247 e. The van der Waals surface area contributed by atoms with Crippen molar-refractivity contribution in [2.24, 2.45) is 5.41 Å². The Bertz CT molecular complexity index is 821. The lowest BCUT2D eigenvalue weighted by Gasteiger charge is -2.38. The fourth-order valence-electron chi connectivity index (χ4n) is 3.96. The Labute approximate surface area is 184 Å². The van der Waals surface area contributed by atoms with E-state index >= 15 is 0 Å². The molecule has 1 fully saturated rings. The van der Waals surface area contributed by atoms with Crippen LogP contribution in [0.5, 0.6) is 0 Å². The number of hydrogen-bond donors (Lipinski definition) is 3. The Morgan fingerprint density at radius 2 is 1.67 bits per heavy atom. The minimum atomic E-state index is -0.669. The molecule has 2 aromatic rings. The van der Waals surface area contributed by atoms with Crippen molar-refractivity contribution in [3.05, 3.63) is 66.2 Å². The summed E-state index contributed by atoms with van der Waals surface area (Å²) in [6.07, 6.45) is 3.67. The highest BCUT2D eigenvalue weighted by Crippen LogP contribution is 2.38. The van der Waals surface area contributed by atoms with E-state index < -0.39 is 11.5 Å². The normalized spacial score (nSPS) is 22.1. The lowest BCUT2D eigenvalue weighted by atomic mass is 9.73. The van der Waals surface area contributed by atoms with Crippen molar-refractivity contribution < 1.29 is 14.3 Å². The number of rotatable bonds is 8. The largest absolute Gasteiger partial charge is 0.381 e. The second-order valence-electron chi connectivity index (χ2n) is 7.94. The Morgan fingerprint density at radius 1 is 1.07 bits per heavy atom. The third-order valence-electron chi connectivity index (χ3n) is 5.95. The predicted octanol–water partition coefficient (Wildman–Crippen LogP) is 3.86. The van der Waals surface area contributed by atoms with Gasteiger partial charge in [-0.1, -0.05) is 48.5 Å². The number of carbonyl (C=O) groups excluding carboxylic acids is 2. The molecule has 6 heteroatoms. The molecule has 1 saturated carbocycles. The summed E-state index contributed by atoms with van der Waals surface area (Å²) < 4.78 is 5.45. The molecule has 1 aliphatic carbocycles. The van der Waals surface area contributed by atoms with E-state index in [4.69, 9.17) is 4.74 Å². The van der Waals surface area contributed by atoms with Gasteiger partial charge in [-0.2, -0.15) is 12.6 Å². The summed E-state index contributed by atoms with van der Waals surface area (Å²) in [6, 6.07) is 18.4. The summed E-state index contributed by atoms with van der Waals surface area (Å²) in [5, 5.41) is 5.96. The lowest BCUT2D eigenvalue weighted by Crippen LogP contribution is -2.53. The van der Waals surface area contributed by atoms with Crippen molar-refractivity contribution in [2.75, 3.05) is 18.2 Å². The highest BCUT2D eigenvalue weighted by atomic mass is 32.1. The fraction of sp³-hybridized carbons (Fsp3) is 0.417. The van der Waals surface area contributed by atoms with E-state index in [1.807, 2.05) is 60.7 Å². The van der Waals surface area contributed by atoms with Crippen LogP contribution in [0.25, 0.3) is 0 Å². The van der Waals surface area contributed by atoms with E-state index in [-0.39, 0.29) is 17.9 Å². The van der Waals surface area contributed by atoms with Crippen LogP contribution in [-0.2, 0) is 20.7 Å². The van der Waals surface area contributed by atoms with Gasteiger partial charge in [0.2, 0.25) is 11.8 Å². The standard InChI is InChI=1S/C24H30N2O3S/c1-29-20-12-14-24(17-30,15-13-20)23(28)26-21(16-18-8-4-2-5-9-18)22(27)25-19-10-6-3-7-11-19/h2-11,20-21,30H,12-17H2,1H3,(H,25,27)(H,26,28)/t20-,21-,24+/m0/s1. The highest BCUT2D eigenvalue weighted by Gasteiger charge is 2.42. The molecule has 2 aromatic carbocycles. The van der Waals surface area contributed by atoms with Crippen molar-refractivity contribution >= 4 is 30.1 Å². The van der Waals surface area contributed by atoms with E-state index in [2.05, 4.69) is 23.3 Å². The summed E-state index contributed by atoms with van der Waals surface area (Å²) in [4.78, 5) is 26.4. The van der Waals surface area contributed by atoms with Gasteiger partial charge in [-0.25, -0.2) is 0 Å². The zero-order chi connectivity index (χ0) is 21.4. The maximum absolute atomic E-state index is 13.3. The Hall–Kier alpha value is -2.31. The van der Waals surface area contributed by atoms with Crippen LogP contribution in [0.15, 0.2) is 60.7 Å². The number of methoxy groups -OCH3 is 1. The zero-order valence-corrected chi connectivity index (χ0v) is 18.2. The van der Waals surface area contributed by atoms with Crippen molar-refractivity contribution in [1.29, 1.82) is 0 Å². The smallest absolute Gasteiger partial charge is 0.247 e. The summed E-state index contributed by atoms with van der Waals surface area (Å²) in [5.41, 5.74) is 1.13. The topological polar surface area (TPSA) is 67.4 Å². The lowest BCUT2D eigenvalue weighted by molar-refractivity contribution is -0.136. The van der Waals surface area contributed by atoms with Gasteiger partial charge in [0.15, 0.2) is 0 Å². The number of amides is 2. The number of carbonyl (C=O) groups is 2. The number of anilines is 1. The van der Waals surface area contributed by atoms with Gasteiger partial charge in [0.1, 0.15) is 6.04 Å². The Morgan fingerprint density at radius 3 is 2.23 bits per heavy atom. The second kappa shape index (κ2) is 10.6. The van der Waals surface area contributed by atoms with E-state index in [1.165, 1.54) is 0 Å². The first-order chi connectivity index (χ1) is 14.6. The minimum Gasteiger partial charge on any atom is -0.381 e. The van der Waals surface area contributed by atoms with Crippen LogP contribution in [0.2, 0.25) is 0 Å². The van der Waals surface area contributed by atoms with Crippen molar-refractivity contribution in [3.63, 3.8) is 0 Å². The van der Waals surface area contributed by atoms with Crippen LogP contribution in [0.4, 0.5) is 5.69 Å². The van der Waals surface area contributed by atoms with Gasteiger partial charge in [0, 0.05) is 25.0 Å². The molecule has 2 N–H and O–H groups in total. The van der Waals surface area contributed by atoms with E-state index in [9.17, 15) is 9.59 Å². The van der Waals surface area contributed by atoms with Gasteiger partial charge in [-0.3, -0.25) is 9.59 Å². The molecule has 0 heterocycles. The number of hydrogen-bond acceptors (Lipinski definition) is 4. The van der Waals surface area contributed by atoms with Gasteiger partial charge in [-0.15, -0.1) is 0 Å². The van der Waals surface area contributed by atoms with Crippen LogP contribution >= 0.6 is 12.6 Å². The first kappa shape index (κ1) is 22.4. The second-order valence-corrected chi connectivity index (χ2v) is 8.26. The molecule has 160 valence electrons. The molecular weight excluding hydrogens is 396 g/mol. The van der Waals surface area contributed by atoms with Crippen molar-refractivity contribution in [3.8, 4) is 0 Å². The molecule has 0 aliphatic heterocycles. The maximum atomic E-state index is 13.3. The molecular formula is C24H30N2O3S. The molecule has 1 atom stereocenters. The van der Waals surface area contributed by atoms with Gasteiger partial charge in [0.25, 0.3) is 0 Å². The highest BCUT2D eigenvalue weighted by molar-refractivity contribution is 7.80. The minimum absolute atomic E-state index is 0.101. The third-order valence-corrected chi connectivity index (χ3v) is 6.56. The Kier molecular flexibility index (Phi) is 7.94. The monoisotopic (exact) mass is 426 g/mol. The number of benzene rings is 2. The van der Waals surface area contributed by atoms with E-state index in [0.29, 0.717) is 30.7 Å². The molecule has 0 unspecified atom stereocenters. The molecule has 1 aliphatic rings. The van der Waals surface area contributed by atoms with E-state index in [1.54, 1.807) is 7.11 Å². The van der Waals surface area contributed by atoms with Crippen molar-refractivity contribution in [1.82, 2.24) is 5.32 Å². The molecule has 0 bridgehead atoms. The van der Waals surface area contributed by atoms with Gasteiger partial charge in [0.05, 0.1) is 11.5 Å². The molecule has 0 radical (unpaired) electrons. The quantitative estimate of drug-likeness (QED) is 0.562. The summed E-state index contributed by atoms with van der Waals surface area (Å²) in [5.74, 6) is 0.127. The van der Waals surface area contributed by atoms with Gasteiger partial charge >= 0.3 is 0 Å². The van der Waals surface area contributed by atoms with Crippen LogP contribution in [-0.4, -0.2) is 36.8 Å². The molecule has 30 heavy (non-hydrogen) atoms. The number of ether oxygens (including phenoxy) is 1. The van der Waals surface area contributed by atoms with Gasteiger partial charge < -0.3 is 15.4 Å². The van der Waals surface area contributed by atoms with Crippen LogP contribution in [0, 0.1) is 5.41 Å². The molecule has 5 nitrogen and oxygen atoms in total. The third kappa shape index (κ3) is 5.64. The molecule has 2 amide bonds. The number of nitrogens with one attached hydrogen (secondary N) is 2. The Balaban J connectivity index is 1.75. The SMILES string of the molecule is CO[C@H]1CC[C@@](CS)(C(=O)N[C@@H](Cc2ccccc2)C(=O)Nc2ccccc2)CC1. The zero-order valence-electron chi connectivity index (χ0n) is 17.3. The average molecular weight is 427 g/mol. The van der Waals surface area contributed by atoms with Crippen LogP contribution in [0.1, 0.15) is 31.2 Å². The van der Waals surface area contributed by atoms with Gasteiger partial charge in [-0.05, 0) is 43.4 Å².